The minimum Gasteiger partial charge on any atom is -0.468 e. The van der Waals surface area contributed by atoms with Gasteiger partial charge in [-0.15, -0.1) is 0 Å². The largest absolute Gasteiger partial charge is 0.468 e. The van der Waals surface area contributed by atoms with Gasteiger partial charge < -0.3 is 10.5 Å². The standard InChI is InChI=1S/C14H9ClF3N2O2/c15-9-3-1-8(2-4-9)10-5-6-11(12(19)21)20-13(10)22-7-14(16,17)18/h1-5H,7H2,(H2,19,21). The summed E-state index contributed by atoms with van der Waals surface area (Å²) in [5.41, 5.74) is 5.49. The van der Waals surface area contributed by atoms with Gasteiger partial charge in [-0.2, -0.15) is 13.2 Å². The summed E-state index contributed by atoms with van der Waals surface area (Å²) in [6, 6.07) is 10.1. The molecule has 0 bridgehead atoms. The van der Waals surface area contributed by atoms with Gasteiger partial charge in [0.05, 0.1) is 0 Å². The quantitative estimate of drug-likeness (QED) is 0.936. The number of alkyl halides is 3. The summed E-state index contributed by atoms with van der Waals surface area (Å²) in [6.07, 6.45) is -4.54. The molecular formula is C14H9ClF3N2O2. The molecule has 2 rings (SSSR count). The van der Waals surface area contributed by atoms with Gasteiger partial charge >= 0.3 is 6.18 Å². The van der Waals surface area contributed by atoms with Crippen molar-refractivity contribution in [2.45, 2.75) is 6.18 Å². The predicted octanol–water partition coefficient (Wildman–Crippen LogP) is 3.24. The molecule has 0 atom stereocenters. The van der Waals surface area contributed by atoms with Gasteiger partial charge in [0.2, 0.25) is 5.88 Å². The molecule has 1 aromatic carbocycles. The van der Waals surface area contributed by atoms with Crippen LogP contribution in [0.1, 0.15) is 10.5 Å². The van der Waals surface area contributed by atoms with Crippen LogP contribution < -0.4 is 10.5 Å². The Balaban J connectivity index is 2.43. The minimum absolute atomic E-state index is 0.242. The zero-order valence-corrected chi connectivity index (χ0v) is 11.7. The number of hydrogen-bond acceptors (Lipinski definition) is 3. The van der Waals surface area contributed by atoms with Gasteiger partial charge in [0.15, 0.2) is 6.61 Å². The molecule has 1 heterocycles. The van der Waals surface area contributed by atoms with Gasteiger partial charge in [-0.25, -0.2) is 4.98 Å². The van der Waals surface area contributed by atoms with Gasteiger partial charge in [0.25, 0.3) is 5.91 Å². The summed E-state index contributed by atoms with van der Waals surface area (Å²) >= 11 is 5.76. The molecule has 0 aliphatic heterocycles. The van der Waals surface area contributed by atoms with Crippen molar-refractivity contribution in [3.63, 3.8) is 0 Å². The van der Waals surface area contributed by atoms with Crippen molar-refractivity contribution in [1.82, 2.24) is 4.98 Å². The molecule has 0 spiro atoms. The smallest absolute Gasteiger partial charge is 0.422 e. The second kappa shape index (κ2) is 6.23. The molecule has 4 nitrogen and oxygen atoms in total. The Labute approximate surface area is 128 Å². The number of nitrogens with zero attached hydrogens (tertiary/aromatic N) is 1. The normalized spacial score (nSPS) is 11.3. The number of carbonyl (C=O) groups is 1. The fraction of sp³-hybridized carbons (Fsp3) is 0.143. The molecule has 8 heteroatoms. The minimum atomic E-state index is -4.54. The van der Waals surface area contributed by atoms with Gasteiger partial charge in [0.1, 0.15) is 5.69 Å². The molecule has 1 aromatic heterocycles. The zero-order chi connectivity index (χ0) is 16.3. The topological polar surface area (TPSA) is 65.2 Å². The summed E-state index contributed by atoms with van der Waals surface area (Å²) < 4.78 is 41.6. The fourth-order valence-electron chi connectivity index (χ4n) is 1.62. The van der Waals surface area contributed by atoms with E-state index < -0.39 is 18.7 Å². The van der Waals surface area contributed by atoms with E-state index in [-0.39, 0.29) is 17.1 Å². The number of amides is 1. The number of aromatic nitrogens is 1. The molecule has 22 heavy (non-hydrogen) atoms. The molecule has 0 aliphatic carbocycles. The number of ether oxygens (including phenoxy) is 1. The SMILES string of the molecule is NC(=O)c1[c]cc(-c2ccc(Cl)cc2)c(OCC(F)(F)F)n1. The van der Waals surface area contributed by atoms with E-state index in [1.165, 1.54) is 6.07 Å². The summed E-state index contributed by atoms with van der Waals surface area (Å²) in [5.74, 6) is -1.27. The highest BCUT2D eigenvalue weighted by Gasteiger charge is 2.29. The highest BCUT2D eigenvalue weighted by atomic mass is 35.5. The van der Waals surface area contributed by atoms with Crippen LogP contribution >= 0.6 is 11.6 Å². The number of benzene rings is 1. The van der Waals surface area contributed by atoms with Crippen molar-refractivity contribution in [3.8, 4) is 17.0 Å². The molecule has 0 unspecified atom stereocenters. The molecule has 0 saturated carbocycles. The van der Waals surface area contributed by atoms with E-state index >= 15 is 0 Å². The molecule has 2 aromatic rings. The molecule has 2 N–H and O–H groups in total. The number of pyridine rings is 1. The zero-order valence-electron chi connectivity index (χ0n) is 10.9. The molecular weight excluding hydrogens is 321 g/mol. The third-order valence-electron chi connectivity index (χ3n) is 2.56. The average molecular weight is 330 g/mol. The first-order chi connectivity index (χ1) is 10.3. The molecule has 0 aliphatic rings. The molecule has 1 radical (unpaired) electrons. The van der Waals surface area contributed by atoms with E-state index in [1.807, 2.05) is 0 Å². The van der Waals surface area contributed by atoms with Gasteiger partial charge in [-0.3, -0.25) is 4.79 Å². The van der Waals surface area contributed by atoms with Crippen molar-refractivity contribution in [2.24, 2.45) is 5.73 Å². The lowest BCUT2D eigenvalue weighted by Crippen LogP contribution is -2.21. The van der Waals surface area contributed by atoms with Crippen molar-refractivity contribution in [2.75, 3.05) is 6.61 Å². The summed E-state index contributed by atoms with van der Waals surface area (Å²) in [5, 5.41) is 0.465. The molecule has 115 valence electrons. The van der Waals surface area contributed by atoms with E-state index in [0.29, 0.717) is 10.6 Å². The summed E-state index contributed by atoms with van der Waals surface area (Å²) in [7, 11) is 0. The lowest BCUT2D eigenvalue weighted by molar-refractivity contribution is -0.154. The van der Waals surface area contributed by atoms with Gasteiger partial charge in [0, 0.05) is 16.7 Å². The maximum Gasteiger partial charge on any atom is 0.422 e. The van der Waals surface area contributed by atoms with E-state index in [0.717, 1.165) is 0 Å². The van der Waals surface area contributed by atoms with Crippen molar-refractivity contribution in [3.05, 3.63) is 47.1 Å². The third kappa shape index (κ3) is 4.11. The maximum absolute atomic E-state index is 12.3. The Morgan fingerprint density at radius 3 is 2.50 bits per heavy atom. The Morgan fingerprint density at radius 1 is 1.32 bits per heavy atom. The summed E-state index contributed by atoms with van der Waals surface area (Å²) in [6.45, 7) is -1.54. The van der Waals surface area contributed by atoms with E-state index in [1.54, 1.807) is 24.3 Å². The monoisotopic (exact) mass is 329 g/mol. The van der Waals surface area contributed by atoms with Crippen LogP contribution in [0, 0.1) is 6.07 Å². The van der Waals surface area contributed by atoms with Crippen LogP contribution in [0.25, 0.3) is 11.1 Å². The Hall–Kier alpha value is -2.28. The van der Waals surface area contributed by atoms with Crippen LogP contribution in [-0.2, 0) is 0 Å². The number of nitrogens with two attached hydrogens (primary N) is 1. The van der Waals surface area contributed by atoms with E-state index in [4.69, 9.17) is 17.3 Å². The Kier molecular flexibility index (Phi) is 4.56. The maximum atomic E-state index is 12.3. The first-order valence-corrected chi connectivity index (χ1v) is 6.32. The number of halogens is 4. The predicted molar refractivity (Wildman–Crippen MR) is 73.6 cm³/mol. The van der Waals surface area contributed by atoms with Gasteiger partial charge in [-0.1, -0.05) is 23.7 Å². The molecule has 1 amide bonds. The highest BCUT2D eigenvalue weighted by molar-refractivity contribution is 6.30. The van der Waals surface area contributed by atoms with Crippen LogP contribution in [0.15, 0.2) is 30.3 Å². The number of rotatable bonds is 4. The van der Waals surface area contributed by atoms with Crippen molar-refractivity contribution in [1.29, 1.82) is 0 Å². The second-order valence-corrected chi connectivity index (χ2v) is 4.68. The highest BCUT2D eigenvalue weighted by Crippen LogP contribution is 2.30. The second-order valence-electron chi connectivity index (χ2n) is 4.24. The Bertz CT molecular complexity index is 687. The average Bonchev–Trinajstić information content (AvgIpc) is 2.45. The van der Waals surface area contributed by atoms with E-state index in [9.17, 15) is 18.0 Å². The number of primary amides is 1. The van der Waals surface area contributed by atoms with Crippen molar-refractivity contribution >= 4 is 17.5 Å². The van der Waals surface area contributed by atoms with Crippen LogP contribution in [-0.4, -0.2) is 23.7 Å². The fourth-order valence-corrected chi connectivity index (χ4v) is 1.74. The number of hydrogen-bond donors (Lipinski definition) is 1. The molecule has 0 saturated heterocycles. The lowest BCUT2D eigenvalue weighted by Gasteiger charge is -2.13. The van der Waals surface area contributed by atoms with Gasteiger partial charge in [-0.05, 0) is 23.8 Å². The first-order valence-electron chi connectivity index (χ1n) is 5.94. The first kappa shape index (κ1) is 16.1. The van der Waals surface area contributed by atoms with E-state index in [2.05, 4.69) is 15.8 Å². The Morgan fingerprint density at radius 2 is 1.95 bits per heavy atom. The summed E-state index contributed by atoms with van der Waals surface area (Å²) in [4.78, 5) is 14.8. The lowest BCUT2D eigenvalue weighted by atomic mass is 10.1. The molecule has 0 fully saturated rings. The van der Waals surface area contributed by atoms with Crippen LogP contribution in [0.2, 0.25) is 5.02 Å². The van der Waals surface area contributed by atoms with Crippen LogP contribution in [0.5, 0.6) is 5.88 Å². The van der Waals surface area contributed by atoms with Crippen molar-refractivity contribution < 1.29 is 22.7 Å². The van der Waals surface area contributed by atoms with Crippen LogP contribution in [0.4, 0.5) is 13.2 Å². The number of carbonyl (C=O) groups excluding carboxylic acids is 1. The van der Waals surface area contributed by atoms with Crippen LogP contribution in [0.3, 0.4) is 0 Å². The third-order valence-corrected chi connectivity index (χ3v) is 2.81.